The molecule has 0 aliphatic heterocycles. The van der Waals surface area contributed by atoms with Crippen LogP contribution < -0.4 is 0 Å². The van der Waals surface area contributed by atoms with Crippen LogP contribution in [-0.4, -0.2) is 29.4 Å². The van der Waals surface area contributed by atoms with Gasteiger partial charge in [-0.15, -0.1) is 0 Å². The van der Waals surface area contributed by atoms with Gasteiger partial charge in [-0.3, -0.25) is 4.90 Å². The summed E-state index contributed by atoms with van der Waals surface area (Å²) in [6.45, 7) is 3.96. The molecule has 0 unspecified atom stereocenters. The van der Waals surface area contributed by atoms with E-state index in [0.29, 0.717) is 11.3 Å². The Balaban J connectivity index is 1.73. The van der Waals surface area contributed by atoms with E-state index < -0.39 is 11.7 Å². The first-order chi connectivity index (χ1) is 13.9. The molecular weight excluding hydrogens is 393 g/mol. The van der Waals surface area contributed by atoms with Crippen LogP contribution in [0.2, 0.25) is 0 Å². The SMILES string of the molecule is CCCCCN(C)CC#Cc1ccc2c(-c3ccc(C(F)(F)F)cc3)nsc2c1. The molecular formula is C23H23F3N2S. The van der Waals surface area contributed by atoms with Crippen LogP contribution in [0.4, 0.5) is 13.2 Å². The lowest BCUT2D eigenvalue weighted by Gasteiger charge is -2.11. The Kier molecular flexibility index (Phi) is 6.94. The Morgan fingerprint density at radius 1 is 1.07 bits per heavy atom. The van der Waals surface area contributed by atoms with Crippen molar-refractivity contribution in [3.8, 4) is 23.1 Å². The topological polar surface area (TPSA) is 16.1 Å². The van der Waals surface area contributed by atoms with E-state index in [0.717, 1.165) is 40.9 Å². The van der Waals surface area contributed by atoms with Crippen LogP contribution >= 0.6 is 11.5 Å². The number of fused-ring (bicyclic) bond motifs is 1. The highest BCUT2D eigenvalue weighted by molar-refractivity contribution is 7.13. The van der Waals surface area contributed by atoms with Gasteiger partial charge in [0.15, 0.2) is 0 Å². The second-order valence-electron chi connectivity index (χ2n) is 7.06. The third kappa shape index (κ3) is 5.59. The maximum atomic E-state index is 12.8. The molecule has 2 aromatic carbocycles. The summed E-state index contributed by atoms with van der Waals surface area (Å²) in [6.07, 6.45) is -0.696. The Labute approximate surface area is 173 Å². The molecule has 0 N–H and O–H groups in total. The van der Waals surface area contributed by atoms with Crippen LogP contribution in [0, 0.1) is 11.8 Å². The lowest BCUT2D eigenvalue weighted by atomic mass is 10.0. The van der Waals surface area contributed by atoms with E-state index in [-0.39, 0.29) is 0 Å². The molecule has 152 valence electrons. The van der Waals surface area contributed by atoms with Crippen LogP contribution in [0.5, 0.6) is 0 Å². The van der Waals surface area contributed by atoms with Gasteiger partial charge in [-0.05, 0) is 55.8 Å². The predicted molar refractivity (Wildman–Crippen MR) is 114 cm³/mol. The van der Waals surface area contributed by atoms with Crippen LogP contribution in [0.15, 0.2) is 42.5 Å². The minimum Gasteiger partial charge on any atom is -0.295 e. The number of halogens is 3. The molecule has 0 radical (unpaired) electrons. The summed E-state index contributed by atoms with van der Waals surface area (Å²) < 4.78 is 43.7. The molecule has 29 heavy (non-hydrogen) atoms. The minimum absolute atomic E-state index is 0.655. The molecule has 0 aliphatic rings. The van der Waals surface area contributed by atoms with Gasteiger partial charge in [0.05, 0.1) is 22.5 Å². The number of benzene rings is 2. The molecule has 3 aromatic rings. The lowest BCUT2D eigenvalue weighted by Crippen LogP contribution is -2.19. The van der Waals surface area contributed by atoms with E-state index in [9.17, 15) is 13.2 Å². The van der Waals surface area contributed by atoms with Crippen LogP contribution in [0.3, 0.4) is 0 Å². The summed E-state index contributed by atoms with van der Waals surface area (Å²) >= 11 is 1.34. The van der Waals surface area contributed by atoms with E-state index in [2.05, 4.69) is 35.1 Å². The normalized spacial score (nSPS) is 11.7. The zero-order chi connectivity index (χ0) is 20.9. The van der Waals surface area contributed by atoms with E-state index in [4.69, 9.17) is 0 Å². The Morgan fingerprint density at radius 3 is 2.52 bits per heavy atom. The van der Waals surface area contributed by atoms with E-state index in [1.54, 1.807) is 0 Å². The molecule has 0 spiro atoms. The summed E-state index contributed by atoms with van der Waals surface area (Å²) in [4.78, 5) is 2.22. The van der Waals surface area contributed by atoms with Crippen LogP contribution in [0.1, 0.15) is 37.3 Å². The number of alkyl halides is 3. The predicted octanol–water partition coefficient (Wildman–Crippen LogP) is 6.46. The number of rotatable bonds is 6. The summed E-state index contributed by atoms with van der Waals surface area (Å²) in [5.41, 5.74) is 1.64. The summed E-state index contributed by atoms with van der Waals surface area (Å²) in [5.74, 6) is 6.40. The molecule has 2 nitrogen and oxygen atoms in total. The zero-order valence-corrected chi connectivity index (χ0v) is 17.3. The molecule has 1 heterocycles. The number of unbranched alkanes of at least 4 members (excludes halogenated alkanes) is 2. The first-order valence-electron chi connectivity index (χ1n) is 9.63. The quantitative estimate of drug-likeness (QED) is 0.339. The minimum atomic E-state index is -4.33. The van der Waals surface area contributed by atoms with Crippen molar-refractivity contribution in [2.24, 2.45) is 0 Å². The lowest BCUT2D eigenvalue weighted by molar-refractivity contribution is -0.137. The average molecular weight is 417 g/mol. The molecule has 6 heteroatoms. The van der Waals surface area contributed by atoms with E-state index >= 15 is 0 Å². The highest BCUT2D eigenvalue weighted by atomic mass is 32.1. The third-order valence-electron chi connectivity index (χ3n) is 4.68. The second kappa shape index (κ2) is 9.43. The van der Waals surface area contributed by atoms with Gasteiger partial charge in [0, 0.05) is 16.5 Å². The Morgan fingerprint density at radius 2 is 1.83 bits per heavy atom. The summed E-state index contributed by atoms with van der Waals surface area (Å²) in [6, 6.07) is 11.0. The monoisotopic (exact) mass is 416 g/mol. The summed E-state index contributed by atoms with van der Waals surface area (Å²) in [7, 11) is 2.08. The number of nitrogens with zero attached hydrogens (tertiary/aromatic N) is 2. The van der Waals surface area contributed by atoms with Crippen LogP contribution in [-0.2, 0) is 6.18 Å². The standard InChI is InChI=1S/C23H23F3N2S/c1-3-4-5-14-28(2)15-6-7-17-8-13-20-21(16-17)29-27-22(20)18-9-11-19(12-10-18)23(24,25)26/h8-13,16H,3-5,14-15H2,1-2H3. The molecule has 0 amide bonds. The van der Waals surface area contributed by atoms with E-state index in [1.807, 2.05) is 18.2 Å². The van der Waals surface area contributed by atoms with Crippen molar-refractivity contribution in [1.82, 2.24) is 9.27 Å². The molecule has 0 aliphatic carbocycles. The van der Waals surface area contributed by atoms with Crippen molar-refractivity contribution in [2.45, 2.75) is 32.4 Å². The average Bonchev–Trinajstić information content (AvgIpc) is 3.11. The molecule has 0 fully saturated rings. The maximum absolute atomic E-state index is 12.8. The smallest absolute Gasteiger partial charge is 0.295 e. The van der Waals surface area contributed by atoms with Crippen LogP contribution in [0.25, 0.3) is 21.3 Å². The fourth-order valence-corrected chi connectivity index (χ4v) is 3.86. The van der Waals surface area contributed by atoms with Gasteiger partial charge >= 0.3 is 6.18 Å². The second-order valence-corrected chi connectivity index (χ2v) is 7.87. The van der Waals surface area contributed by atoms with Gasteiger partial charge in [0.25, 0.3) is 0 Å². The molecule has 0 saturated heterocycles. The highest BCUT2D eigenvalue weighted by Gasteiger charge is 2.30. The molecule has 3 rings (SSSR count). The number of hydrogen-bond acceptors (Lipinski definition) is 3. The maximum Gasteiger partial charge on any atom is 0.416 e. The number of aromatic nitrogens is 1. The van der Waals surface area contributed by atoms with Gasteiger partial charge in [-0.25, -0.2) is 0 Å². The van der Waals surface area contributed by atoms with Gasteiger partial charge in [0.1, 0.15) is 0 Å². The third-order valence-corrected chi connectivity index (χ3v) is 5.49. The van der Waals surface area contributed by atoms with Gasteiger partial charge < -0.3 is 0 Å². The van der Waals surface area contributed by atoms with Crippen molar-refractivity contribution >= 4 is 21.6 Å². The van der Waals surface area contributed by atoms with Crippen molar-refractivity contribution < 1.29 is 13.2 Å². The van der Waals surface area contributed by atoms with Gasteiger partial charge in [-0.2, -0.15) is 17.5 Å². The van der Waals surface area contributed by atoms with Gasteiger partial charge in [-0.1, -0.05) is 49.8 Å². The first kappa shape index (κ1) is 21.4. The molecule has 0 atom stereocenters. The van der Waals surface area contributed by atoms with Crippen molar-refractivity contribution in [2.75, 3.05) is 20.1 Å². The number of hydrogen-bond donors (Lipinski definition) is 0. The first-order valence-corrected chi connectivity index (χ1v) is 10.4. The van der Waals surface area contributed by atoms with Gasteiger partial charge in [0.2, 0.25) is 0 Å². The van der Waals surface area contributed by atoms with Crippen molar-refractivity contribution in [3.05, 3.63) is 53.6 Å². The fraction of sp³-hybridized carbons (Fsp3) is 0.348. The fourth-order valence-electron chi connectivity index (χ4n) is 3.03. The van der Waals surface area contributed by atoms with Crippen molar-refractivity contribution in [3.63, 3.8) is 0 Å². The largest absolute Gasteiger partial charge is 0.416 e. The molecule has 0 bridgehead atoms. The van der Waals surface area contributed by atoms with Crippen molar-refractivity contribution in [1.29, 1.82) is 0 Å². The Hall–Kier alpha value is -2.36. The highest BCUT2D eigenvalue weighted by Crippen LogP contribution is 2.34. The molecule has 0 saturated carbocycles. The zero-order valence-electron chi connectivity index (χ0n) is 16.5. The Bertz CT molecular complexity index is 1010. The molecule has 1 aromatic heterocycles. The van der Waals surface area contributed by atoms with E-state index in [1.165, 1.54) is 42.9 Å². The summed E-state index contributed by atoms with van der Waals surface area (Å²) in [5, 5.41) is 0.928.